The molecule has 3 nitrogen and oxygen atoms in total. The molecule has 0 atom stereocenters. The average molecular weight is 165 g/mol. The van der Waals surface area contributed by atoms with Crippen LogP contribution in [0.4, 0.5) is 13.2 Å². The molecule has 0 saturated heterocycles. The second-order valence-electron chi connectivity index (χ2n) is 1.82. The maximum absolute atomic E-state index is 11.6. The topological polar surface area (TPSA) is 36.1 Å². The highest BCUT2D eigenvalue weighted by Crippen LogP contribution is 2.16. The van der Waals surface area contributed by atoms with Crippen LogP contribution in [0.25, 0.3) is 0 Å². The number of aromatic amines is 1. The van der Waals surface area contributed by atoms with Gasteiger partial charge in [0.15, 0.2) is 0 Å². The summed E-state index contributed by atoms with van der Waals surface area (Å²) in [6.45, 7) is 0. The maximum atomic E-state index is 11.6. The van der Waals surface area contributed by atoms with E-state index in [1.807, 2.05) is 0 Å². The van der Waals surface area contributed by atoms with E-state index in [0.717, 1.165) is 12.5 Å². The molecule has 11 heavy (non-hydrogen) atoms. The van der Waals surface area contributed by atoms with Crippen molar-refractivity contribution >= 4 is 5.91 Å². The Morgan fingerprint density at radius 2 is 2.09 bits per heavy atom. The molecule has 60 valence electrons. The highest BCUT2D eigenvalue weighted by molar-refractivity contribution is 5.83. The van der Waals surface area contributed by atoms with Gasteiger partial charge in [-0.25, -0.2) is 9.78 Å². The zero-order valence-electron chi connectivity index (χ0n) is 5.22. The van der Waals surface area contributed by atoms with E-state index in [1.165, 1.54) is 6.20 Å². The summed E-state index contributed by atoms with van der Waals surface area (Å²) in [7, 11) is 0. The molecule has 0 unspecified atom stereocenters. The molecule has 1 aromatic heterocycles. The third-order valence-corrected chi connectivity index (χ3v) is 1.02. The van der Waals surface area contributed by atoms with Crippen LogP contribution in [-0.2, 0) is 0 Å². The maximum Gasteiger partial charge on any atom is 0.495 e. The van der Waals surface area contributed by atoms with Gasteiger partial charge in [-0.05, 0) is 0 Å². The van der Waals surface area contributed by atoms with Gasteiger partial charge in [-0.3, -0.25) is 0 Å². The molecule has 0 radical (unpaired) electrons. The highest BCUT2D eigenvalue weighted by Gasteiger charge is 2.43. The lowest BCUT2D eigenvalue weighted by Gasteiger charge is -1.98. The Bertz CT molecular complexity index is 251. The number of aromatic nitrogens is 2. The van der Waals surface area contributed by atoms with Crippen molar-refractivity contribution in [3.05, 3.63) is 18.7 Å². The van der Waals surface area contributed by atoms with Gasteiger partial charge in [0.1, 0.15) is 12.4 Å². The lowest BCUT2D eigenvalue weighted by molar-refractivity contribution is -0.376. The molecular formula is C5H4F3N2O+. The van der Waals surface area contributed by atoms with Crippen LogP contribution in [0.2, 0.25) is 0 Å². The minimum absolute atomic E-state index is 0.431. The van der Waals surface area contributed by atoms with Gasteiger partial charge in [0, 0.05) is 0 Å². The largest absolute Gasteiger partial charge is 0.495 e. The Balaban J connectivity index is 2.88. The summed E-state index contributed by atoms with van der Waals surface area (Å²) in [5.41, 5.74) is 0. The van der Waals surface area contributed by atoms with Crippen LogP contribution in [0.15, 0.2) is 18.7 Å². The van der Waals surface area contributed by atoms with E-state index >= 15 is 0 Å². The molecule has 1 aromatic rings. The number of halogens is 3. The Morgan fingerprint density at radius 1 is 1.45 bits per heavy atom. The molecule has 0 spiro atoms. The second-order valence-corrected chi connectivity index (χ2v) is 1.82. The van der Waals surface area contributed by atoms with Crippen molar-refractivity contribution in [2.75, 3.05) is 0 Å². The minimum Gasteiger partial charge on any atom is -0.250 e. The van der Waals surface area contributed by atoms with Gasteiger partial charge in [-0.1, -0.05) is 0 Å². The van der Waals surface area contributed by atoms with E-state index in [-0.39, 0.29) is 0 Å². The van der Waals surface area contributed by atoms with Crippen LogP contribution in [-0.4, -0.2) is 16.7 Å². The first-order valence-corrected chi connectivity index (χ1v) is 2.67. The lowest BCUT2D eigenvalue weighted by Crippen LogP contribution is -2.28. The third-order valence-electron chi connectivity index (χ3n) is 1.02. The molecule has 6 heteroatoms. The first-order valence-electron chi connectivity index (χ1n) is 2.67. The van der Waals surface area contributed by atoms with Crippen LogP contribution in [0.5, 0.6) is 0 Å². The van der Waals surface area contributed by atoms with Crippen LogP contribution in [0.1, 0.15) is 4.79 Å². The van der Waals surface area contributed by atoms with Crippen molar-refractivity contribution in [2.24, 2.45) is 0 Å². The number of carbonyl (C=O) groups excluding carboxylic acids is 1. The van der Waals surface area contributed by atoms with Gasteiger partial charge in [0.25, 0.3) is 0 Å². The van der Waals surface area contributed by atoms with Gasteiger partial charge in [-0.2, -0.15) is 17.7 Å². The van der Waals surface area contributed by atoms with Crippen molar-refractivity contribution < 1.29 is 22.9 Å². The van der Waals surface area contributed by atoms with Crippen molar-refractivity contribution in [3.8, 4) is 0 Å². The number of nitrogens with zero attached hydrogens (tertiary/aromatic N) is 1. The van der Waals surface area contributed by atoms with Crippen molar-refractivity contribution in [1.82, 2.24) is 4.57 Å². The molecular weight excluding hydrogens is 161 g/mol. The Hall–Kier alpha value is -1.33. The molecule has 1 N–H and O–H groups in total. The Labute approximate surface area is 59.5 Å². The molecule has 0 aromatic carbocycles. The summed E-state index contributed by atoms with van der Waals surface area (Å²) in [5, 5.41) is 0. The van der Waals surface area contributed by atoms with Crippen molar-refractivity contribution in [1.29, 1.82) is 0 Å². The van der Waals surface area contributed by atoms with Crippen LogP contribution in [0.3, 0.4) is 0 Å². The van der Waals surface area contributed by atoms with E-state index in [0.29, 0.717) is 4.57 Å². The van der Waals surface area contributed by atoms with E-state index in [1.54, 1.807) is 0 Å². The minimum atomic E-state index is -4.81. The third kappa shape index (κ3) is 1.57. The first-order chi connectivity index (χ1) is 5.02. The summed E-state index contributed by atoms with van der Waals surface area (Å²) in [6.07, 6.45) is -1.66. The molecule has 0 aliphatic rings. The van der Waals surface area contributed by atoms with Gasteiger partial charge < -0.3 is 0 Å². The smallest absolute Gasteiger partial charge is 0.250 e. The fourth-order valence-electron chi connectivity index (χ4n) is 0.562. The fourth-order valence-corrected chi connectivity index (χ4v) is 0.562. The number of carbonyl (C=O) groups is 1. The second kappa shape index (κ2) is 2.37. The number of alkyl halides is 3. The average Bonchev–Trinajstić information content (AvgIpc) is 2.34. The molecule has 0 fully saturated rings. The van der Waals surface area contributed by atoms with Crippen LogP contribution in [0, 0.1) is 0 Å². The summed E-state index contributed by atoms with van der Waals surface area (Å²) in [6, 6.07) is 0. The molecule has 0 saturated carbocycles. The van der Waals surface area contributed by atoms with E-state index in [9.17, 15) is 18.0 Å². The quantitative estimate of drug-likeness (QED) is 0.551. The SMILES string of the molecule is O=C(n1cc[nH+]c1)C(F)(F)F. The number of nitrogens with one attached hydrogen (secondary N) is 1. The number of rotatable bonds is 0. The summed E-state index contributed by atoms with van der Waals surface area (Å²) in [5.74, 6) is -1.90. The Morgan fingerprint density at radius 3 is 2.45 bits per heavy atom. The molecule has 1 rings (SSSR count). The first kappa shape index (κ1) is 7.77. The van der Waals surface area contributed by atoms with Crippen LogP contribution < -0.4 is 4.98 Å². The molecule has 1 heterocycles. The number of imidazole rings is 1. The Kier molecular flexibility index (Phi) is 1.67. The molecule has 0 bridgehead atoms. The van der Waals surface area contributed by atoms with E-state index < -0.39 is 12.1 Å². The summed E-state index contributed by atoms with van der Waals surface area (Å²) < 4.78 is 35.3. The molecule has 0 aliphatic carbocycles. The summed E-state index contributed by atoms with van der Waals surface area (Å²) in [4.78, 5) is 12.7. The number of H-pyrrole nitrogens is 1. The van der Waals surface area contributed by atoms with E-state index in [4.69, 9.17) is 0 Å². The summed E-state index contributed by atoms with van der Waals surface area (Å²) >= 11 is 0. The van der Waals surface area contributed by atoms with Gasteiger partial charge in [0.2, 0.25) is 6.33 Å². The van der Waals surface area contributed by atoms with Gasteiger partial charge in [0.05, 0.1) is 0 Å². The zero-order chi connectivity index (χ0) is 8.48. The highest BCUT2D eigenvalue weighted by atomic mass is 19.4. The molecule has 0 aliphatic heterocycles. The standard InChI is InChI=1S/C5H3F3N2O/c6-5(7,8)4(11)10-2-1-9-3-10/h1-3H/p+1. The zero-order valence-corrected chi connectivity index (χ0v) is 5.22. The number of hydrogen-bond acceptors (Lipinski definition) is 1. The lowest BCUT2D eigenvalue weighted by atomic mass is 10.6. The molecule has 0 amide bonds. The predicted octanol–water partition coefficient (Wildman–Crippen LogP) is 0.505. The van der Waals surface area contributed by atoms with Crippen LogP contribution >= 0.6 is 0 Å². The van der Waals surface area contributed by atoms with Gasteiger partial charge >= 0.3 is 12.1 Å². The van der Waals surface area contributed by atoms with Gasteiger partial charge in [-0.15, -0.1) is 0 Å². The normalized spacial score (nSPS) is 11.5. The van der Waals surface area contributed by atoms with Crippen molar-refractivity contribution in [3.63, 3.8) is 0 Å². The fraction of sp³-hybridized carbons (Fsp3) is 0.200. The number of hydrogen-bond donors (Lipinski definition) is 0. The van der Waals surface area contributed by atoms with E-state index in [2.05, 4.69) is 4.98 Å². The monoisotopic (exact) mass is 165 g/mol. The van der Waals surface area contributed by atoms with Crippen molar-refractivity contribution in [2.45, 2.75) is 6.18 Å². The predicted molar refractivity (Wildman–Crippen MR) is 27.7 cm³/mol.